The van der Waals surface area contributed by atoms with E-state index in [0.717, 1.165) is 5.56 Å². The number of hydrogen-bond acceptors (Lipinski definition) is 1. The van der Waals surface area contributed by atoms with Crippen LogP contribution >= 0.6 is 0 Å². The van der Waals surface area contributed by atoms with E-state index in [9.17, 15) is 5.11 Å². The van der Waals surface area contributed by atoms with Crippen molar-refractivity contribution in [1.29, 1.82) is 0 Å². The van der Waals surface area contributed by atoms with E-state index in [2.05, 4.69) is 48.5 Å². The Bertz CT molecular complexity index is 645. The van der Waals surface area contributed by atoms with Gasteiger partial charge in [-0.1, -0.05) is 91.0 Å². The summed E-state index contributed by atoms with van der Waals surface area (Å²) in [5.74, 6) is 0.192. The van der Waals surface area contributed by atoms with Gasteiger partial charge in [-0.2, -0.15) is 0 Å². The van der Waals surface area contributed by atoms with Gasteiger partial charge in [-0.25, -0.2) is 0 Å². The molecule has 3 rings (SSSR count). The number of aliphatic hydroxyl groups excluding tert-OH is 1. The highest BCUT2D eigenvalue weighted by Crippen LogP contribution is 2.33. The van der Waals surface area contributed by atoms with Crippen LogP contribution in [0.5, 0.6) is 0 Å². The van der Waals surface area contributed by atoms with E-state index in [4.69, 9.17) is 0 Å². The minimum atomic E-state index is -0.466. The largest absolute Gasteiger partial charge is 0.412 e. The third-order valence-electron chi connectivity index (χ3n) is 4.05. The fraction of sp³-hybridized carbons (Fsp3) is 0.143. The Hall–Kier alpha value is -2.46. The Balaban J connectivity index is 0.00000144. The van der Waals surface area contributed by atoms with Crippen molar-refractivity contribution >= 4 is 0 Å². The van der Waals surface area contributed by atoms with Gasteiger partial charge in [0.15, 0.2) is 0 Å². The molecule has 1 atom stereocenters. The number of rotatable bonds is 5. The Labute approximate surface area is 142 Å². The SMILES string of the molecule is O.O.OC(CC(c1ccccc1)c1ccccc1)c1ccccc1. The van der Waals surface area contributed by atoms with Crippen molar-refractivity contribution < 1.29 is 16.1 Å². The fourth-order valence-corrected chi connectivity index (χ4v) is 2.87. The molecule has 126 valence electrons. The van der Waals surface area contributed by atoms with Crippen molar-refractivity contribution in [1.82, 2.24) is 0 Å². The molecule has 0 aliphatic rings. The highest BCUT2D eigenvalue weighted by Gasteiger charge is 2.19. The van der Waals surface area contributed by atoms with Gasteiger partial charge in [0.05, 0.1) is 6.10 Å². The molecular formula is C21H24O3. The molecule has 0 radical (unpaired) electrons. The highest BCUT2D eigenvalue weighted by atomic mass is 16.3. The third kappa shape index (κ3) is 4.77. The molecule has 3 aromatic carbocycles. The molecule has 0 spiro atoms. The van der Waals surface area contributed by atoms with Gasteiger partial charge in [0, 0.05) is 5.92 Å². The first kappa shape index (κ1) is 19.6. The van der Waals surface area contributed by atoms with Crippen molar-refractivity contribution in [2.75, 3.05) is 0 Å². The lowest BCUT2D eigenvalue weighted by Crippen LogP contribution is -2.08. The van der Waals surface area contributed by atoms with Gasteiger partial charge in [-0.15, -0.1) is 0 Å². The quantitative estimate of drug-likeness (QED) is 0.767. The van der Waals surface area contributed by atoms with Crippen LogP contribution in [0.2, 0.25) is 0 Å². The Kier molecular flexibility index (Phi) is 7.86. The van der Waals surface area contributed by atoms with Gasteiger partial charge in [-0.05, 0) is 23.1 Å². The van der Waals surface area contributed by atoms with Crippen LogP contribution < -0.4 is 0 Å². The van der Waals surface area contributed by atoms with Gasteiger partial charge in [0.25, 0.3) is 0 Å². The average molecular weight is 324 g/mol. The second kappa shape index (κ2) is 9.63. The van der Waals surface area contributed by atoms with E-state index in [1.54, 1.807) is 0 Å². The summed E-state index contributed by atoms with van der Waals surface area (Å²) >= 11 is 0. The van der Waals surface area contributed by atoms with Crippen molar-refractivity contribution in [2.45, 2.75) is 18.4 Å². The van der Waals surface area contributed by atoms with Gasteiger partial charge < -0.3 is 16.1 Å². The number of aliphatic hydroxyl groups is 1. The minimum Gasteiger partial charge on any atom is -0.412 e. The topological polar surface area (TPSA) is 83.2 Å². The monoisotopic (exact) mass is 324 g/mol. The molecule has 0 saturated heterocycles. The van der Waals surface area contributed by atoms with Crippen molar-refractivity contribution in [3.63, 3.8) is 0 Å². The summed E-state index contributed by atoms with van der Waals surface area (Å²) in [6.07, 6.45) is 0.213. The molecule has 1 unspecified atom stereocenters. The van der Waals surface area contributed by atoms with Crippen LogP contribution in [-0.2, 0) is 0 Å². The van der Waals surface area contributed by atoms with Crippen molar-refractivity contribution in [3.8, 4) is 0 Å². The highest BCUT2D eigenvalue weighted by molar-refractivity contribution is 5.33. The molecular weight excluding hydrogens is 300 g/mol. The molecule has 0 heterocycles. The maximum Gasteiger partial charge on any atom is 0.0799 e. The number of hydrogen-bond donors (Lipinski definition) is 1. The predicted octanol–water partition coefficient (Wildman–Crippen LogP) is 3.29. The lowest BCUT2D eigenvalue weighted by Gasteiger charge is -2.21. The van der Waals surface area contributed by atoms with Gasteiger partial charge in [0.2, 0.25) is 0 Å². The summed E-state index contributed by atoms with van der Waals surface area (Å²) in [7, 11) is 0. The molecule has 3 aromatic rings. The predicted molar refractivity (Wildman–Crippen MR) is 98.0 cm³/mol. The van der Waals surface area contributed by atoms with Crippen molar-refractivity contribution in [3.05, 3.63) is 108 Å². The Morgan fingerprint density at radius 3 is 1.25 bits per heavy atom. The molecule has 3 heteroatoms. The zero-order chi connectivity index (χ0) is 15.2. The van der Waals surface area contributed by atoms with Crippen LogP contribution in [0.1, 0.15) is 35.1 Å². The summed E-state index contributed by atoms with van der Waals surface area (Å²) in [5, 5.41) is 10.6. The molecule has 24 heavy (non-hydrogen) atoms. The Morgan fingerprint density at radius 1 is 0.542 bits per heavy atom. The van der Waals surface area contributed by atoms with Gasteiger partial charge in [0.1, 0.15) is 0 Å². The zero-order valence-electron chi connectivity index (χ0n) is 13.5. The normalized spacial score (nSPS) is 11.2. The van der Waals surface area contributed by atoms with E-state index in [0.29, 0.717) is 6.42 Å². The minimum absolute atomic E-state index is 0. The molecule has 5 N–H and O–H groups in total. The van der Waals surface area contributed by atoms with Crippen LogP contribution in [0, 0.1) is 0 Å². The van der Waals surface area contributed by atoms with Gasteiger partial charge >= 0.3 is 0 Å². The standard InChI is InChI=1S/C21H20O.2H2O/c22-21(19-14-8-3-9-15-19)16-20(17-10-4-1-5-11-17)18-12-6-2-7-13-18;;/h1-15,20-22H,16H2;2*1H2. The van der Waals surface area contributed by atoms with E-state index < -0.39 is 6.10 Å². The molecule has 0 bridgehead atoms. The summed E-state index contributed by atoms with van der Waals surface area (Å²) in [6.45, 7) is 0. The summed E-state index contributed by atoms with van der Waals surface area (Å²) in [5.41, 5.74) is 3.45. The summed E-state index contributed by atoms with van der Waals surface area (Å²) in [6, 6.07) is 30.7. The van der Waals surface area contributed by atoms with Crippen LogP contribution in [0.4, 0.5) is 0 Å². The summed E-state index contributed by atoms with van der Waals surface area (Å²) < 4.78 is 0. The van der Waals surface area contributed by atoms with Crippen molar-refractivity contribution in [2.24, 2.45) is 0 Å². The second-order valence-corrected chi connectivity index (χ2v) is 5.54. The first-order chi connectivity index (χ1) is 10.8. The fourth-order valence-electron chi connectivity index (χ4n) is 2.87. The summed E-state index contributed by atoms with van der Waals surface area (Å²) in [4.78, 5) is 0. The zero-order valence-corrected chi connectivity index (χ0v) is 13.5. The van der Waals surface area contributed by atoms with E-state index in [-0.39, 0.29) is 16.9 Å². The second-order valence-electron chi connectivity index (χ2n) is 5.54. The molecule has 0 amide bonds. The van der Waals surface area contributed by atoms with E-state index in [1.807, 2.05) is 42.5 Å². The molecule has 0 saturated carbocycles. The lowest BCUT2D eigenvalue weighted by molar-refractivity contribution is 0.162. The van der Waals surface area contributed by atoms with E-state index in [1.165, 1.54) is 11.1 Å². The van der Waals surface area contributed by atoms with Crippen LogP contribution in [0.3, 0.4) is 0 Å². The Morgan fingerprint density at radius 2 is 0.875 bits per heavy atom. The third-order valence-corrected chi connectivity index (χ3v) is 4.05. The average Bonchev–Trinajstić information content (AvgIpc) is 2.62. The molecule has 0 aliphatic heterocycles. The van der Waals surface area contributed by atoms with Gasteiger partial charge in [-0.3, -0.25) is 0 Å². The molecule has 0 fully saturated rings. The molecule has 0 aliphatic carbocycles. The van der Waals surface area contributed by atoms with Crippen LogP contribution in [0.25, 0.3) is 0 Å². The number of benzene rings is 3. The smallest absolute Gasteiger partial charge is 0.0799 e. The molecule has 0 aromatic heterocycles. The lowest BCUT2D eigenvalue weighted by atomic mass is 9.85. The first-order valence-electron chi connectivity index (χ1n) is 7.67. The van der Waals surface area contributed by atoms with Crippen LogP contribution in [0.15, 0.2) is 91.0 Å². The first-order valence-corrected chi connectivity index (χ1v) is 7.67. The maximum absolute atomic E-state index is 10.6. The van der Waals surface area contributed by atoms with Crippen LogP contribution in [-0.4, -0.2) is 16.1 Å². The van der Waals surface area contributed by atoms with E-state index >= 15 is 0 Å². The maximum atomic E-state index is 10.6. The molecule has 3 nitrogen and oxygen atoms in total.